The van der Waals surface area contributed by atoms with Crippen molar-refractivity contribution in [1.29, 1.82) is 0 Å². The average Bonchev–Trinajstić information content (AvgIpc) is 2.39. The maximum atomic E-state index is 11.5. The highest BCUT2D eigenvalue weighted by molar-refractivity contribution is 8.14. The standard InChI is InChI=1S/C13H26O4SSi/c1-6-9-19(17-5)10-7-8-12(18-11(2)14)13(19,15-3)16-4/h12H,6-10H2,1-5H3. The SMILES string of the molecule is CCC[Si]1(OC)CCCC(SC(C)=O)C1(OC)OC. The Labute approximate surface area is 121 Å². The first-order valence-electron chi connectivity index (χ1n) is 6.84. The third kappa shape index (κ3) is 3.08. The number of ether oxygens (including phenoxy) is 2. The summed E-state index contributed by atoms with van der Waals surface area (Å²) < 4.78 is 17.7. The molecule has 1 aliphatic heterocycles. The summed E-state index contributed by atoms with van der Waals surface area (Å²) in [5.41, 5.74) is -0.716. The third-order valence-electron chi connectivity index (χ3n) is 4.07. The van der Waals surface area contributed by atoms with Crippen LogP contribution >= 0.6 is 11.8 Å². The van der Waals surface area contributed by atoms with E-state index in [0.717, 1.165) is 31.4 Å². The number of rotatable bonds is 6. The highest BCUT2D eigenvalue weighted by atomic mass is 32.2. The summed E-state index contributed by atoms with van der Waals surface area (Å²) in [6.07, 6.45) is 3.07. The van der Waals surface area contributed by atoms with Crippen LogP contribution in [0.2, 0.25) is 12.1 Å². The lowest BCUT2D eigenvalue weighted by Gasteiger charge is -2.52. The number of thioether (sulfide) groups is 1. The number of carbonyl (C=O) groups is 1. The summed E-state index contributed by atoms with van der Waals surface area (Å²) in [5.74, 6) is 0. The van der Waals surface area contributed by atoms with Crippen LogP contribution in [0.25, 0.3) is 0 Å². The van der Waals surface area contributed by atoms with Crippen molar-refractivity contribution < 1.29 is 18.7 Å². The predicted octanol–water partition coefficient (Wildman–Crippen LogP) is 2.96. The molecule has 0 bridgehead atoms. The monoisotopic (exact) mass is 306 g/mol. The van der Waals surface area contributed by atoms with Crippen LogP contribution in [0.15, 0.2) is 0 Å². The Morgan fingerprint density at radius 3 is 2.42 bits per heavy atom. The number of hydrogen-bond donors (Lipinski definition) is 0. The van der Waals surface area contributed by atoms with Gasteiger partial charge in [-0.25, -0.2) is 0 Å². The van der Waals surface area contributed by atoms with Crippen LogP contribution in [-0.2, 0) is 18.7 Å². The molecule has 0 saturated carbocycles. The van der Waals surface area contributed by atoms with Crippen molar-refractivity contribution >= 4 is 25.2 Å². The molecular formula is C13H26O4SSi. The summed E-state index contributed by atoms with van der Waals surface area (Å²) in [4.78, 5) is 11.5. The van der Waals surface area contributed by atoms with Gasteiger partial charge in [0.25, 0.3) is 8.32 Å². The molecule has 0 radical (unpaired) electrons. The highest BCUT2D eigenvalue weighted by Crippen LogP contribution is 2.47. The van der Waals surface area contributed by atoms with Gasteiger partial charge in [-0.05, 0) is 18.5 Å². The minimum absolute atomic E-state index is 0.0342. The Morgan fingerprint density at radius 1 is 1.37 bits per heavy atom. The normalized spacial score (nSPS) is 30.3. The van der Waals surface area contributed by atoms with Crippen molar-refractivity contribution in [2.45, 2.75) is 55.9 Å². The van der Waals surface area contributed by atoms with Gasteiger partial charge >= 0.3 is 0 Å². The predicted molar refractivity (Wildman–Crippen MR) is 80.7 cm³/mol. The van der Waals surface area contributed by atoms with Crippen molar-refractivity contribution in [3.8, 4) is 0 Å². The van der Waals surface area contributed by atoms with Gasteiger partial charge in [0.05, 0.1) is 5.25 Å². The Hall–Kier alpha value is 0.117. The summed E-state index contributed by atoms with van der Waals surface area (Å²) in [5, 5.41) is 0.146. The Kier molecular flexibility index (Phi) is 6.52. The molecule has 1 fully saturated rings. The fraction of sp³-hybridized carbons (Fsp3) is 0.923. The van der Waals surface area contributed by atoms with Gasteiger partial charge in [-0.3, -0.25) is 4.79 Å². The van der Waals surface area contributed by atoms with Gasteiger partial charge in [-0.15, -0.1) is 0 Å². The van der Waals surface area contributed by atoms with Gasteiger partial charge in [0.1, 0.15) is 0 Å². The molecule has 0 aromatic rings. The minimum atomic E-state index is -2.18. The van der Waals surface area contributed by atoms with Crippen LogP contribution in [0.5, 0.6) is 0 Å². The van der Waals surface area contributed by atoms with E-state index in [2.05, 4.69) is 6.92 Å². The molecule has 0 amide bonds. The van der Waals surface area contributed by atoms with Gasteiger partial charge in [-0.2, -0.15) is 0 Å². The third-order valence-corrected chi connectivity index (χ3v) is 10.7. The van der Waals surface area contributed by atoms with Crippen molar-refractivity contribution in [2.75, 3.05) is 21.3 Å². The highest BCUT2D eigenvalue weighted by Gasteiger charge is 2.62. The fourth-order valence-corrected chi connectivity index (χ4v) is 9.89. The van der Waals surface area contributed by atoms with Gasteiger partial charge in [-0.1, -0.05) is 31.5 Å². The molecule has 112 valence electrons. The molecule has 1 rings (SSSR count). The molecule has 0 aliphatic carbocycles. The second-order valence-corrected chi connectivity index (χ2v) is 10.5. The van der Waals surface area contributed by atoms with E-state index in [0.29, 0.717) is 0 Å². The number of methoxy groups -OCH3 is 2. The fourth-order valence-electron chi connectivity index (χ4n) is 3.34. The van der Waals surface area contributed by atoms with E-state index in [4.69, 9.17) is 13.9 Å². The summed E-state index contributed by atoms with van der Waals surface area (Å²) in [7, 11) is 2.95. The van der Waals surface area contributed by atoms with E-state index < -0.39 is 13.7 Å². The van der Waals surface area contributed by atoms with E-state index >= 15 is 0 Å². The first kappa shape index (κ1) is 17.2. The molecule has 0 aromatic carbocycles. The number of hydrogen-bond acceptors (Lipinski definition) is 5. The van der Waals surface area contributed by atoms with E-state index in [-0.39, 0.29) is 10.4 Å². The second-order valence-electron chi connectivity index (χ2n) is 5.01. The Bertz CT molecular complexity index is 305. The maximum absolute atomic E-state index is 11.5. The minimum Gasteiger partial charge on any atom is -0.414 e. The van der Waals surface area contributed by atoms with Crippen LogP contribution in [-0.4, -0.2) is 45.4 Å². The van der Waals surface area contributed by atoms with Gasteiger partial charge in [0.2, 0.25) is 0 Å². The molecule has 19 heavy (non-hydrogen) atoms. The molecule has 6 heteroatoms. The molecule has 1 aliphatic rings. The smallest absolute Gasteiger partial charge is 0.258 e. The van der Waals surface area contributed by atoms with Gasteiger partial charge in [0, 0.05) is 28.3 Å². The number of carbonyl (C=O) groups excluding carboxylic acids is 1. The van der Waals surface area contributed by atoms with Gasteiger partial charge in [0.15, 0.2) is 10.5 Å². The van der Waals surface area contributed by atoms with Crippen molar-refractivity contribution in [3.63, 3.8) is 0 Å². The average molecular weight is 307 g/mol. The molecule has 1 heterocycles. The first-order chi connectivity index (χ1) is 9.01. The van der Waals surface area contributed by atoms with Crippen LogP contribution in [0.1, 0.15) is 33.1 Å². The van der Waals surface area contributed by atoms with E-state index in [9.17, 15) is 4.79 Å². The summed E-state index contributed by atoms with van der Waals surface area (Å²) >= 11 is 1.34. The molecular weight excluding hydrogens is 280 g/mol. The first-order valence-corrected chi connectivity index (χ1v) is 10.0. The molecule has 2 unspecified atom stereocenters. The van der Waals surface area contributed by atoms with Crippen LogP contribution in [0.3, 0.4) is 0 Å². The maximum Gasteiger partial charge on any atom is 0.258 e. The molecule has 0 spiro atoms. The van der Waals surface area contributed by atoms with Crippen molar-refractivity contribution in [2.24, 2.45) is 0 Å². The zero-order valence-electron chi connectivity index (χ0n) is 12.7. The van der Waals surface area contributed by atoms with Crippen molar-refractivity contribution in [3.05, 3.63) is 0 Å². The zero-order valence-corrected chi connectivity index (χ0v) is 14.5. The van der Waals surface area contributed by atoms with Crippen LogP contribution in [0.4, 0.5) is 0 Å². The van der Waals surface area contributed by atoms with Crippen molar-refractivity contribution in [1.82, 2.24) is 0 Å². The molecule has 0 N–H and O–H groups in total. The Morgan fingerprint density at radius 2 is 2.00 bits per heavy atom. The molecule has 1 saturated heterocycles. The molecule has 2 atom stereocenters. The van der Waals surface area contributed by atoms with Gasteiger partial charge < -0.3 is 13.9 Å². The lowest BCUT2D eigenvalue weighted by atomic mass is 10.2. The molecule has 4 nitrogen and oxygen atoms in total. The quantitative estimate of drug-likeness (QED) is 0.557. The Balaban J connectivity index is 3.17. The van der Waals surface area contributed by atoms with E-state index in [1.165, 1.54) is 11.8 Å². The van der Waals surface area contributed by atoms with Crippen LogP contribution in [0, 0.1) is 0 Å². The summed E-state index contributed by atoms with van der Waals surface area (Å²) in [6, 6.07) is 2.04. The largest absolute Gasteiger partial charge is 0.414 e. The topological polar surface area (TPSA) is 44.8 Å². The molecule has 0 aromatic heterocycles. The lowest BCUT2D eigenvalue weighted by molar-refractivity contribution is -0.166. The van der Waals surface area contributed by atoms with Crippen LogP contribution < -0.4 is 0 Å². The summed E-state index contributed by atoms with van der Waals surface area (Å²) in [6.45, 7) is 3.76. The van der Waals surface area contributed by atoms with E-state index in [1.54, 1.807) is 28.3 Å². The zero-order chi connectivity index (χ0) is 14.5. The second kappa shape index (κ2) is 7.22. The lowest BCUT2D eigenvalue weighted by Crippen LogP contribution is -2.69. The van der Waals surface area contributed by atoms with E-state index in [1.807, 2.05) is 0 Å².